The number of nitrogens with one attached hydrogen (secondary N) is 1. The number of unbranched alkanes of at least 4 members (excludes halogenated alkanes) is 1. The Balaban J connectivity index is 1.63. The smallest absolute Gasteiger partial charge is 0.312 e. The fourth-order valence-corrected chi connectivity index (χ4v) is 7.50. The number of aliphatic hydroxyl groups excluding tert-OH is 1. The molecule has 3 aliphatic rings. The highest BCUT2D eigenvalue weighted by molar-refractivity contribution is 9.09. The molecule has 2 N–H and O–H groups in total. The number of esters is 1. The molecule has 234 valence electrons. The van der Waals surface area contributed by atoms with E-state index in [9.17, 15) is 24.3 Å². The van der Waals surface area contributed by atoms with E-state index in [2.05, 4.69) is 34.4 Å². The lowest BCUT2D eigenvalue weighted by Gasteiger charge is -2.37. The number of benzene rings is 1. The van der Waals surface area contributed by atoms with Gasteiger partial charge in [0.05, 0.1) is 24.5 Å². The second kappa shape index (κ2) is 14.4. The number of nitrogens with zero attached hydrogens (tertiary/aromatic N) is 2. The van der Waals surface area contributed by atoms with Crippen LogP contribution in [0.1, 0.15) is 39.0 Å². The Kier molecular flexibility index (Phi) is 11.1. The van der Waals surface area contributed by atoms with E-state index in [1.165, 1.54) is 4.90 Å². The van der Waals surface area contributed by atoms with Gasteiger partial charge in [0.25, 0.3) is 5.91 Å². The molecule has 10 nitrogen and oxygen atoms in total. The normalized spacial score (nSPS) is 27.9. The molecule has 1 aromatic carbocycles. The van der Waals surface area contributed by atoms with Crippen molar-refractivity contribution >= 4 is 56.9 Å². The molecule has 0 aliphatic carbocycles. The molecule has 3 fully saturated rings. The highest BCUT2D eigenvalue weighted by Crippen LogP contribution is 2.60. The molecule has 43 heavy (non-hydrogen) atoms. The number of fused-ring (bicyclic) bond motifs is 1. The molecule has 0 saturated carbocycles. The molecule has 3 saturated heterocycles. The third-order valence-electron chi connectivity index (χ3n) is 8.30. The number of halogens is 2. The lowest BCUT2D eigenvalue weighted by atomic mass is 9.70. The van der Waals surface area contributed by atoms with Crippen LogP contribution >= 0.6 is 27.5 Å². The molecule has 1 spiro atoms. The van der Waals surface area contributed by atoms with Crippen LogP contribution in [0.5, 0.6) is 0 Å². The van der Waals surface area contributed by atoms with Crippen molar-refractivity contribution < 1.29 is 33.8 Å². The number of hydrogen-bond acceptors (Lipinski definition) is 7. The van der Waals surface area contributed by atoms with Crippen molar-refractivity contribution in [2.45, 2.75) is 67.7 Å². The second-order valence-electron chi connectivity index (χ2n) is 11.2. The Morgan fingerprint density at radius 3 is 2.65 bits per heavy atom. The van der Waals surface area contributed by atoms with Gasteiger partial charge in [-0.15, -0.1) is 13.2 Å². The molecule has 3 heterocycles. The summed E-state index contributed by atoms with van der Waals surface area (Å²) in [4.78, 5) is 57.0. The third kappa shape index (κ3) is 6.69. The first kappa shape index (κ1) is 33.2. The van der Waals surface area contributed by atoms with E-state index < -0.39 is 41.7 Å². The molecule has 0 radical (unpaired) electrons. The number of alkyl halides is 1. The van der Waals surface area contributed by atoms with E-state index in [0.29, 0.717) is 36.4 Å². The summed E-state index contributed by atoms with van der Waals surface area (Å²) in [6.07, 6.45) is 4.03. The van der Waals surface area contributed by atoms with Crippen molar-refractivity contribution in [3.05, 3.63) is 54.6 Å². The first-order valence-electron chi connectivity index (χ1n) is 14.6. The summed E-state index contributed by atoms with van der Waals surface area (Å²) in [5.74, 6) is -3.35. The van der Waals surface area contributed by atoms with Crippen molar-refractivity contribution in [2.75, 3.05) is 31.1 Å². The van der Waals surface area contributed by atoms with Crippen LogP contribution in [0.4, 0.5) is 5.69 Å². The monoisotopic (exact) mass is 679 g/mol. The molecular formula is C31H39BrClN3O7. The minimum Gasteiger partial charge on any atom is -0.460 e. The second-order valence-corrected chi connectivity index (χ2v) is 12.8. The van der Waals surface area contributed by atoms with Crippen LogP contribution in [0, 0.1) is 11.8 Å². The SMILES string of the molecule is C=CCCC(=O)NC[C@@H](C)OC(=O)[C@@H]1[C@H]2O[C@@]3(CC2Br)[C@H](C(=O)N(CC=C)c2ccc(Cl)cc2)N(CCCCO)C(=O)[C@@H]13. The summed E-state index contributed by atoms with van der Waals surface area (Å²) in [5, 5.41) is 12.7. The van der Waals surface area contributed by atoms with Crippen LogP contribution in [0.15, 0.2) is 49.6 Å². The number of amides is 3. The van der Waals surface area contributed by atoms with Crippen LogP contribution in [-0.2, 0) is 28.7 Å². The van der Waals surface area contributed by atoms with Crippen LogP contribution in [0.25, 0.3) is 0 Å². The van der Waals surface area contributed by atoms with Crippen molar-refractivity contribution in [1.29, 1.82) is 0 Å². The number of rotatable bonds is 15. The summed E-state index contributed by atoms with van der Waals surface area (Å²) in [6.45, 7) is 9.55. The zero-order chi connectivity index (χ0) is 31.3. The van der Waals surface area contributed by atoms with Crippen LogP contribution in [0.2, 0.25) is 5.02 Å². The Morgan fingerprint density at radius 2 is 2.00 bits per heavy atom. The molecule has 1 unspecified atom stereocenters. The number of carbonyl (C=O) groups excluding carboxylic acids is 4. The third-order valence-corrected chi connectivity index (χ3v) is 9.39. The van der Waals surface area contributed by atoms with E-state index in [4.69, 9.17) is 21.1 Å². The average molecular weight is 681 g/mol. The Morgan fingerprint density at radius 1 is 1.28 bits per heavy atom. The topological polar surface area (TPSA) is 125 Å². The highest BCUT2D eigenvalue weighted by Gasteiger charge is 2.77. The zero-order valence-corrected chi connectivity index (χ0v) is 26.6. The van der Waals surface area contributed by atoms with Gasteiger partial charge >= 0.3 is 5.97 Å². The first-order chi connectivity index (χ1) is 20.6. The number of allylic oxidation sites excluding steroid dienone is 1. The number of likely N-dealkylation sites (tertiary alicyclic amines) is 1. The summed E-state index contributed by atoms with van der Waals surface area (Å²) < 4.78 is 12.3. The van der Waals surface area contributed by atoms with Gasteiger partial charge in [0.1, 0.15) is 17.7 Å². The first-order valence-corrected chi connectivity index (χ1v) is 15.9. The van der Waals surface area contributed by atoms with Crippen molar-refractivity contribution in [3.63, 3.8) is 0 Å². The maximum atomic E-state index is 14.5. The Bertz CT molecular complexity index is 1230. The van der Waals surface area contributed by atoms with Gasteiger partial charge in [-0.25, -0.2) is 0 Å². The largest absolute Gasteiger partial charge is 0.460 e. The summed E-state index contributed by atoms with van der Waals surface area (Å²) in [6, 6.07) is 5.81. The van der Waals surface area contributed by atoms with E-state index in [-0.39, 0.29) is 55.2 Å². The van der Waals surface area contributed by atoms with Gasteiger partial charge in [0, 0.05) is 41.7 Å². The standard InChI is InChI=1S/C31H39BrClN3O7/c1-4-6-9-23(38)34-18-19(3)42-30(41)24-25-28(39)36(15-7-8-16-37)27(31(25)17-22(32)26(24)43-31)29(40)35(14-5-2)21-12-10-20(33)11-13-21/h4-5,10-13,19,22,24-27,37H,1-2,6-9,14-18H2,3H3,(H,34,38)/t19-,22?,24+,25-,26+,27+,31-/m1/s1. The predicted molar refractivity (Wildman–Crippen MR) is 166 cm³/mol. The van der Waals surface area contributed by atoms with E-state index in [1.54, 1.807) is 48.2 Å². The molecule has 7 atom stereocenters. The van der Waals surface area contributed by atoms with Gasteiger partial charge < -0.3 is 29.7 Å². The predicted octanol–water partition coefficient (Wildman–Crippen LogP) is 3.39. The van der Waals surface area contributed by atoms with Gasteiger partial charge in [-0.2, -0.15) is 0 Å². The molecule has 12 heteroatoms. The fraction of sp³-hybridized carbons (Fsp3) is 0.548. The fourth-order valence-electron chi connectivity index (χ4n) is 6.43. The number of anilines is 1. The molecule has 2 bridgehead atoms. The molecule has 1 aromatic rings. The molecule has 0 aromatic heterocycles. The molecular weight excluding hydrogens is 642 g/mol. The van der Waals surface area contributed by atoms with Gasteiger partial charge in [-0.1, -0.05) is 39.7 Å². The maximum Gasteiger partial charge on any atom is 0.312 e. The lowest BCUT2D eigenvalue weighted by Crippen LogP contribution is -2.57. The molecule has 3 amide bonds. The van der Waals surface area contributed by atoms with Crippen molar-refractivity contribution in [2.24, 2.45) is 11.8 Å². The van der Waals surface area contributed by atoms with Crippen LogP contribution in [0.3, 0.4) is 0 Å². The summed E-state index contributed by atoms with van der Waals surface area (Å²) in [5.41, 5.74) is -0.677. The van der Waals surface area contributed by atoms with Crippen molar-refractivity contribution in [1.82, 2.24) is 10.2 Å². The molecule has 4 rings (SSSR count). The van der Waals surface area contributed by atoms with Gasteiger partial charge in [-0.05, 0) is 56.9 Å². The Hall–Kier alpha value is -2.73. The van der Waals surface area contributed by atoms with Gasteiger partial charge in [0.2, 0.25) is 11.8 Å². The van der Waals surface area contributed by atoms with E-state index >= 15 is 0 Å². The summed E-state index contributed by atoms with van der Waals surface area (Å²) >= 11 is 9.76. The maximum absolute atomic E-state index is 14.5. The van der Waals surface area contributed by atoms with E-state index in [0.717, 1.165) is 0 Å². The summed E-state index contributed by atoms with van der Waals surface area (Å²) in [7, 11) is 0. The lowest BCUT2D eigenvalue weighted by molar-refractivity contribution is -0.159. The zero-order valence-electron chi connectivity index (χ0n) is 24.3. The van der Waals surface area contributed by atoms with Crippen LogP contribution in [-0.4, -0.2) is 88.6 Å². The van der Waals surface area contributed by atoms with Gasteiger partial charge in [0.15, 0.2) is 0 Å². The highest BCUT2D eigenvalue weighted by atomic mass is 79.9. The Labute approximate surface area is 265 Å². The molecule has 3 aliphatic heterocycles. The van der Waals surface area contributed by atoms with Gasteiger partial charge in [-0.3, -0.25) is 19.2 Å². The minimum absolute atomic E-state index is 0.0540. The van der Waals surface area contributed by atoms with E-state index in [1.807, 2.05) is 0 Å². The number of hydrogen-bond donors (Lipinski definition) is 2. The quantitative estimate of drug-likeness (QED) is 0.126. The average Bonchev–Trinajstić information content (AvgIpc) is 3.57. The van der Waals surface area contributed by atoms with Crippen molar-refractivity contribution in [3.8, 4) is 0 Å². The number of aliphatic hydroxyl groups is 1. The minimum atomic E-state index is -1.26. The number of carbonyl (C=O) groups is 4. The number of ether oxygens (including phenoxy) is 2. The van der Waals surface area contributed by atoms with Crippen LogP contribution < -0.4 is 10.2 Å².